The topological polar surface area (TPSA) is 135 Å². The average molecular weight is 449 g/mol. The van der Waals surface area contributed by atoms with Gasteiger partial charge in [0.1, 0.15) is 18.4 Å². The number of alkyl carbamates (subject to hydrolysis) is 1. The molecule has 9 heteroatoms. The van der Waals surface area contributed by atoms with E-state index in [9.17, 15) is 25.1 Å². The Bertz CT molecular complexity index is 1120. The van der Waals surface area contributed by atoms with E-state index in [1.165, 1.54) is 18.3 Å². The van der Waals surface area contributed by atoms with Crippen LogP contribution in [0.25, 0.3) is 11.1 Å². The number of carbonyl (C=O) groups is 1. The van der Waals surface area contributed by atoms with E-state index in [1.54, 1.807) is 0 Å². The summed E-state index contributed by atoms with van der Waals surface area (Å²) in [6.07, 6.45) is -2.31. The van der Waals surface area contributed by atoms with Gasteiger partial charge in [0.15, 0.2) is 0 Å². The summed E-state index contributed by atoms with van der Waals surface area (Å²) in [6.45, 7) is 0.167. The largest absolute Gasteiger partial charge is 0.449 e. The number of hydrogen-bond acceptors (Lipinski definition) is 7. The molecule has 0 saturated carbocycles. The second-order valence-corrected chi connectivity index (χ2v) is 7.72. The van der Waals surface area contributed by atoms with Crippen LogP contribution in [0.3, 0.4) is 0 Å². The molecule has 0 spiro atoms. The van der Waals surface area contributed by atoms with Gasteiger partial charge in [-0.3, -0.25) is 15.1 Å². The minimum Gasteiger partial charge on any atom is -0.449 e. The molecule has 170 valence electrons. The first kappa shape index (κ1) is 22.4. The van der Waals surface area contributed by atoms with Crippen molar-refractivity contribution in [3.05, 3.63) is 93.8 Å². The minimum atomic E-state index is -1.56. The van der Waals surface area contributed by atoms with Gasteiger partial charge in [-0.25, -0.2) is 4.79 Å². The van der Waals surface area contributed by atoms with Crippen LogP contribution in [0.4, 0.5) is 10.5 Å². The van der Waals surface area contributed by atoms with E-state index < -0.39 is 23.2 Å². The monoisotopic (exact) mass is 449 g/mol. The van der Waals surface area contributed by atoms with E-state index >= 15 is 0 Å². The third-order valence-electron chi connectivity index (χ3n) is 5.71. The fourth-order valence-corrected chi connectivity index (χ4v) is 4.10. The molecule has 1 aromatic heterocycles. The molecule has 1 aliphatic rings. The molecule has 2 aromatic carbocycles. The molecule has 2 unspecified atom stereocenters. The smallest absolute Gasteiger partial charge is 0.407 e. The summed E-state index contributed by atoms with van der Waals surface area (Å²) in [5.74, 6) is -0.0692. The molecule has 0 bridgehead atoms. The Morgan fingerprint density at radius 3 is 2.33 bits per heavy atom. The van der Waals surface area contributed by atoms with E-state index in [-0.39, 0.29) is 36.9 Å². The molecule has 1 heterocycles. The average Bonchev–Trinajstić information content (AvgIpc) is 3.16. The van der Waals surface area contributed by atoms with Crippen LogP contribution in [0.2, 0.25) is 0 Å². The molecule has 0 saturated heterocycles. The molecule has 0 radical (unpaired) electrons. The minimum absolute atomic E-state index is 0.00946. The van der Waals surface area contributed by atoms with Crippen molar-refractivity contribution >= 4 is 11.8 Å². The number of hydrogen-bond donors (Lipinski definition) is 3. The fourth-order valence-electron chi connectivity index (χ4n) is 4.10. The first-order valence-electron chi connectivity index (χ1n) is 10.5. The molecule has 9 nitrogen and oxygen atoms in total. The molecule has 1 amide bonds. The Morgan fingerprint density at radius 2 is 1.70 bits per heavy atom. The Morgan fingerprint density at radius 1 is 1.06 bits per heavy atom. The van der Waals surface area contributed by atoms with Crippen molar-refractivity contribution in [3.63, 3.8) is 0 Å². The zero-order valence-corrected chi connectivity index (χ0v) is 17.6. The van der Waals surface area contributed by atoms with Gasteiger partial charge in [0.25, 0.3) is 5.69 Å². The lowest BCUT2D eigenvalue weighted by atomic mass is 9.98. The lowest BCUT2D eigenvalue weighted by Crippen LogP contribution is -2.31. The number of nitro groups is 1. The van der Waals surface area contributed by atoms with Crippen LogP contribution in [0, 0.1) is 10.1 Å². The number of aromatic nitrogens is 1. The molecular formula is C24H23N3O6. The van der Waals surface area contributed by atoms with E-state index in [1.807, 2.05) is 48.5 Å². The van der Waals surface area contributed by atoms with Crippen LogP contribution in [0.15, 0.2) is 66.9 Å². The van der Waals surface area contributed by atoms with Gasteiger partial charge < -0.3 is 20.3 Å². The van der Waals surface area contributed by atoms with Crippen molar-refractivity contribution in [3.8, 4) is 11.1 Å². The van der Waals surface area contributed by atoms with Gasteiger partial charge >= 0.3 is 6.09 Å². The van der Waals surface area contributed by atoms with E-state index in [4.69, 9.17) is 4.74 Å². The number of aliphatic hydroxyl groups is 2. The van der Waals surface area contributed by atoms with Gasteiger partial charge in [0, 0.05) is 24.7 Å². The number of nitrogens with one attached hydrogen (secondary N) is 1. The van der Waals surface area contributed by atoms with E-state index in [2.05, 4.69) is 10.3 Å². The maximum atomic E-state index is 12.2. The lowest BCUT2D eigenvalue weighted by molar-refractivity contribution is -0.386. The van der Waals surface area contributed by atoms with Crippen molar-refractivity contribution in [1.29, 1.82) is 0 Å². The molecule has 3 N–H and O–H groups in total. The molecular weight excluding hydrogens is 426 g/mol. The SMILES string of the molecule is O=C(NCCC(O)C(O)c1ncccc1[N+](=O)[O-])OCC1c2ccccc2-c2ccccc21. The molecule has 0 aliphatic heterocycles. The third-order valence-corrected chi connectivity index (χ3v) is 5.71. The van der Waals surface area contributed by atoms with Crippen molar-refractivity contribution < 1.29 is 24.7 Å². The summed E-state index contributed by atoms with van der Waals surface area (Å²) in [6, 6.07) is 18.6. The maximum Gasteiger partial charge on any atom is 0.407 e. The molecule has 2 atom stereocenters. The predicted molar refractivity (Wildman–Crippen MR) is 120 cm³/mol. The number of amides is 1. The standard InChI is InChI=1S/C24H23N3O6/c28-21(23(29)22-20(27(31)32)10-5-12-25-22)11-13-26-24(30)33-14-19-17-8-3-1-6-15(17)16-7-2-4-9-18(16)19/h1-10,12,19,21,23,28-29H,11,13-14H2,(H,26,30). The van der Waals surface area contributed by atoms with Gasteiger partial charge in [-0.15, -0.1) is 0 Å². The van der Waals surface area contributed by atoms with Crippen molar-refractivity contribution in [2.75, 3.05) is 13.2 Å². The zero-order valence-electron chi connectivity index (χ0n) is 17.6. The highest BCUT2D eigenvalue weighted by atomic mass is 16.6. The van der Waals surface area contributed by atoms with Gasteiger partial charge in [0.2, 0.25) is 0 Å². The van der Waals surface area contributed by atoms with Crippen LogP contribution in [0.1, 0.15) is 35.3 Å². The zero-order chi connectivity index (χ0) is 23.4. The van der Waals surface area contributed by atoms with E-state index in [0.717, 1.165) is 22.3 Å². The fraction of sp³-hybridized carbons (Fsp3) is 0.250. The number of fused-ring (bicyclic) bond motifs is 3. The Kier molecular flexibility index (Phi) is 6.62. The van der Waals surface area contributed by atoms with Gasteiger partial charge in [-0.1, -0.05) is 48.5 Å². The summed E-state index contributed by atoms with van der Waals surface area (Å²) >= 11 is 0. The summed E-state index contributed by atoms with van der Waals surface area (Å²) in [5.41, 5.74) is 3.85. The van der Waals surface area contributed by atoms with Crippen LogP contribution in [0.5, 0.6) is 0 Å². The summed E-state index contributed by atoms with van der Waals surface area (Å²) in [7, 11) is 0. The molecule has 1 aliphatic carbocycles. The second-order valence-electron chi connectivity index (χ2n) is 7.72. The molecule has 3 aromatic rings. The third kappa shape index (κ3) is 4.69. The van der Waals surface area contributed by atoms with Crippen LogP contribution >= 0.6 is 0 Å². The Balaban J connectivity index is 1.30. The highest BCUT2D eigenvalue weighted by Gasteiger charge is 2.30. The number of ether oxygens (including phenoxy) is 1. The first-order valence-corrected chi connectivity index (χ1v) is 10.5. The second kappa shape index (κ2) is 9.76. The number of aliphatic hydroxyl groups excluding tert-OH is 2. The van der Waals surface area contributed by atoms with Crippen molar-refractivity contribution in [2.24, 2.45) is 0 Å². The highest BCUT2D eigenvalue weighted by Crippen LogP contribution is 2.44. The summed E-state index contributed by atoms with van der Waals surface area (Å²) in [4.78, 5) is 26.4. The van der Waals surface area contributed by atoms with Crippen LogP contribution in [-0.4, -0.2) is 45.5 Å². The number of benzene rings is 2. The van der Waals surface area contributed by atoms with Crippen molar-refractivity contribution in [1.82, 2.24) is 10.3 Å². The quantitative estimate of drug-likeness (QED) is 0.355. The van der Waals surface area contributed by atoms with Gasteiger partial charge in [-0.2, -0.15) is 0 Å². The highest BCUT2D eigenvalue weighted by molar-refractivity contribution is 5.79. The molecule has 0 fully saturated rings. The molecule has 4 rings (SSSR count). The number of nitrogens with zero attached hydrogens (tertiary/aromatic N) is 2. The summed E-state index contributed by atoms with van der Waals surface area (Å²) in [5, 5.41) is 34.1. The van der Waals surface area contributed by atoms with E-state index in [0.29, 0.717) is 0 Å². The molecule has 33 heavy (non-hydrogen) atoms. The predicted octanol–water partition coefficient (Wildman–Crippen LogP) is 3.31. The van der Waals surface area contributed by atoms with Gasteiger partial charge in [0.05, 0.1) is 11.0 Å². The van der Waals surface area contributed by atoms with Crippen molar-refractivity contribution in [2.45, 2.75) is 24.5 Å². The number of rotatable bonds is 8. The van der Waals surface area contributed by atoms with Gasteiger partial charge in [-0.05, 0) is 34.7 Å². The first-order chi connectivity index (χ1) is 16.0. The maximum absolute atomic E-state index is 12.2. The Hall–Kier alpha value is -3.82. The normalized spacial score (nSPS) is 14.1. The van der Waals surface area contributed by atoms with Crippen LogP contribution < -0.4 is 5.32 Å². The Labute approximate surface area is 189 Å². The van der Waals surface area contributed by atoms with Crippen LogP contribution in [-0.2, 0) is 4.74 Å². The number of pyridine rings is 1. The lowest BCUT2D eigenvalue weighted by Gasteiger charge is -2.18. The number of carbonyl (C=O) groups excluding carboxylic acids is 1. The summed E-state index contributed by atoms with van der Waals surface area (Å²) < 4.78 is 5.42.